The highest BCUT2D eigenvalue weighted by Gasteiger charge is 2.21. The summed E-state index contributed by atoms with van der Waals surface area (Å²) in [7, 11) is 0. The van der Waals surface area contributed by atoms with Gasteiger partial charge < -0.3 is 9.84 Å². The van der Waals surface area contributed by atoms with Crippen molar-refractivity contribution in [3.05, 3.63) is 77.3 Å². The number of aliphatic carboxylic acids is 1. The Bertz CT molecular complexity index is 839. The lowest BCUT2D eigenvalue weighted by Crippen LogP contribution is -2.29. The summed E-state index contributed by atoms with van der Waals surface area (Å²) in [6, 6.07) is 20.5. The van der Waals surface area contributed by atoms with Crippen LogP contribution in [0.2, 0.25) is 5.02 Å². The molecule has 0 heterocycles. The summed E-state index contributed by atoms with van der Waals surface area (Å²) < 4.78 is 5.79. The average molecular weight is 327 g/mol. The molecule has 0 aliphatic rings. The SMILES string of the molecule is O=C(O)[C@@H](Cc1cccc(Cl)c1)Oc1cccc2ccccc12. The van der Waals surface area contributed by atoms with Crippen LogP contribution < -0.4 is 4.74 Å². The molecule has 0 saturated heterocycles. The maximum absolute atomic E-state index is 11.6. The van der Waals surface area contributed by atoms with Gasteiger partial charge in [-0.05, 0) is 29.1 Å². The maximum atomic E-state index is 11.6. The number of carboxylic acids is 1. The minimum absolute atomic E-state index is 0.249. The zero-order valence-corrected chi connectivity index (χ0v) is 13.0. The number of fused-ring (bicyclic) bond motifs is 1. The Morgan fingerprint density at radius 3 is 2.57 bits per heavy atom. The molecule has 0 saturated carbocycles. The van der Waals surface area contributed by atoms with Gasteiger partial charge in [0.15, 0.2) is 6.10 Å². The number of halogens is 1. The molecule has 0 spiro atoms. The molecule has 4 heteroatoms. The molecule has 0 aliphatic carbocycles. The van der Waals surface area contributed by atoms with Crippen LogP contribution in [0.3, 0.4) is 0 Å². The van der Waals surface area contributed by atoms with E-state index in [1.54, 1.807) is 24.3 Å². The van der Waals surface area contributed by atoms with Crippen molar-refractivity contribution in [1.29, 1.82) is 0 Å². The first-order valence-electron chi connectivity index (χ1n) is 7.25. The molecule has 0 amide bonds. The van der Waals surface area contributed by atoms with E-state index in [-0.39, 0.29) is 6.42 Å². The molecule has 1 atom stereocenters. The highest BCUT2D eigenvalue weighted by Crippen LogP contribution is 2.27. The van der Waals surface area contributed by atoms with E-state index in [1.807, 2.05) is 42.5 Å². The highest BCUT2D eigenvalue weighted by molar-refractivity contribution is 6.30. The Morgan fingerprint density at radius 2 is 1.78 bits per heavy atom. The first-order valence-corrected chi connectivity index (χ1v) is 7.63. The Kier molecular flexibility index (Phi) is 4.49. The van der Waals surface area contributed by atoms with Crippen LogP contribution in [0.4, 0.5) is 0 Å². The molecule has 3 rings (SSSR count). The predicted molar refractivity (Wildman–Crippen MR) is 91.2 cm³/mol. The zero-order chi connectivity index (χ0) is 16.2. The highest BCUT2D eigenvalue weighted by atomic mass is 35.5. The van der Waals surface area contributed by atoms with E-state index < -0.39 is 12.1 Å². The molecule has 0 aliphatic heterocycles. The standard InChI is InChI=1S/C19H15ClO3/c20-15-8-3-5-13(11-15)12-18(19(21)22)23-17-10-4-7-14-6-1-2-9-16(14)17/h1-11,18H,12H2,(H,21,22)/t18-/m1/s1. The van der Waals surface area contributed by atoms with Gasteiger partial charge in [-0.2, -0.15) is 0 Å². The summed E-state index contributed by atoms with van der Waals surface area (Å²) in [5.74, 6) is -0.435. The van der Waals surface area contributed by atoms with E-state index in [1.165, 1.54) is 0 Å². The fourth-order valence-electron chi connectivity index (χ4n) is 2.51. The normalized spacial score (nSPS) is 12.0. The zero-order valence-electron chi connectivity index (χ0n) is 12.3. The minimum Gasteiger partial charge on any atom is -0.478 e. The first kappa shape index (κ1) is 15.4. The molecule has 3 aromatic carbocycles. The van der Waals surface area contributed by atoms with Crippen LogP contribution in [0.25, 0.3) is 10.8 Å². The van der Waals surface area contributed by atoms with Gasteiger partial charge in [-0.1, -0.05) is 60.1 Å². The molecule has 0 fully saturated rings. The van der Waals surface area contributed by atoms with Gasteiger partial charge in [0.25, 0.3) is 0 Å². The van der Waals surface area contributed by atoms with Gasteiger partial charge in [-0.25, -0.2) is 4.79 Å². The summed E-state index contributed by atoms with van der Waals surface area (Å²) in [5.41, 5.74) is 0.824. The molecule has 3 nitrogen and oxygen atoms in total. The van der Waals surface area contributed by atoms with E-state index in [0.717, 1.165) is 16.3 Å². The van der Waals surface area contributed by atoms with E-state index in [9.17, 15) is 9.90 Å². The molecule has 0 bridgehead atoms. The van der Waals surface area contributed by atoms with Gasteiger partial charge in [-0.15, -0.1) is 0 Å². The quantitative estimate of drug-likeness (QED) is 0.747. The van der Waals surface area contributed by atoms with Crippen LogP contribution in [-0.2, 0) is 11.2 Å². The number of rotatable bonds is 5. The number of hydrogen-bond acceptors (Lipinski definition) is 2. The van der Waals surface area contributed by atoms with Crippen LogP contribution >= 0.6 is 11.6 Å². The van der Waals surface area contributed by atoms with Crippen molar-refractivity contribution in [3.63, 3.8) is 0 Å². The van der Waals surface area contributed by atoms with E-state index in [2.05, 4.69) is 0 Å². The van der Waals surface area contributed by atoms with Crippen LogP contribution in [0, 0.1) is 0 Å². The molecule has 3 aromatic rings. The Labute approximate surface area is 139 Å². The van der Waals surface area contributed by atoms with Crippen molar-refractivity contribution in [2.24, 2.45) is 0 Å². The van der Waals surface area contributed by atoms with Crippen molar-refractivity contribution < 1.29 is 14.6 Å². The Hall–Kier alpha value is -2.52. The third-order valence-corrected chi connectivity index (χ3v) is 3.84. The number of ether oxygens (including phenoxy) is 1. The molecule has 0 radical (unpaired) electrons. The molecular weight excluding hydrogens is 312 g/mol. The maximum Gasteiger partial charge on any atom is 0.345 e. The van der Waals surface area contributed by atoms with Gasteiger partial charge in [0.05, 0.1) is 0 Å². The van der Waals surface area contributed by atoms with Crippen molar-refractivity contribution in [3.8, 4) is 5.75 Å². The Morgan fingerprint density at radius 1 is 1.04 bits per heavy atom. The smallest absolute Gasteiger partial charge is 0.345 e. The molecular formula is C19H15ClO3. The fourth-order valence-corrected chi connectivity index (χ4v) is 2.72. The lowest BCUT2D eigenvalue weighted by atomic mass is 10.1. The fraction of sp³-hybridized carbons (Fsp3) is 0.105. The first-order chi connectivity index (χ1) is 11.1. The third-order valence-electron chi connectivity index (χ3n) is 3.60. The summed E-state index contributed by atoms with van der Waals surface area (Å²) >= 11 is 5.96. The van der Waals surface area contributed by atoms with Gasteiger partial charge in [0.1, 0.15) is 5.75 Å². The molecule has 1 N–H and O–H groups in total. The summed E-state index contributed by atoms with van der Waals surface area (Å²) in [6.07, 6.45) is -0.724. The average Bonchev–Trinajstić information content (AvgIpc) is 2.54. The summed E-state index contributed by atoms with van der Waals surface area (Å²) in [6.45, 7) is 0. The van der Waals surface area contributed by atoms with Crippen molar-refractivity contribution in [1.82, 2.24) is 0 Å². The molecule has 23 heavy (non-hydrogen) atoms. The van der Waals surface area contributed by atoms with E-state index in [0.29, 0.717) is 10.8 Å². The summed E-state index contributed by atoms with van der Waals surface area (Å²) in [5, 5.41) is 12.0. The monoisotopic (exact) mass is 326 g/mol. The number of carbonyl (C=O) groups is 1. The second kappa shape index (κ2) is 6.71. The third kappa shape index (κ3) is 3.63. The molecule has 0 unspecified atom stereocenters. The van der Waals surface area contributed by atoms with Crippen LogP contribution in [0.15, 0.2) is 66.7 Å². The largest absolute Gasteiger partial charge is 0.478 e. The molecule has 116 valence electrons. The second-order valence-electron chi connectivity index (χ2n) is 5.26. The predicted octanol–water partition coefficient (Wildman–Crippen LogP) is 4.57. The van der Waals surface area contributed by atoms with Crippen molar-refractivity contribution >= 4 is 28.3 Å². The van der Waals surface area contributed by atoms with Gasteiger partial charge in [0.2, 0.25) is 0 Å². The summed E-state index contributed by atoms with van der Waals surface area (Å²) in [4.78, 5) is 11.6. The lowest BCUT2D eigenvalue weighted by Gasteiger charge is -2.17. The van der Waals surface area contributed by atoms with E-state index in [4.69, 9.17) is 16.3 Å². The van der Waals surface area contributed by atoms with Gasteiger partial charge >= 0.3 is 5.97 Å². The molecule has 0 aromatic heterocycles. The lowest BCUT2D eigenvalue weighted by molar-refractivity contribution is -0.144. The van der Waals surface area contributed by atoms with Crippen LogP contribution in [0.5, 0.6) is 5.75 Å². The minimum atomic E-state index is -1.00. The van der Waals surface area contributed by atoms with Crippen molar-refractivity contribution in [2.45, 2.75) is 12.5 Å². The number of benzene rings is 3. The van der Waals surface area contributed by atoms with Crippen LogP contribution in [0.1, 0.15) is 5.56 Å². The number of carboxylic acid groups (broad SMARTS) is 1. The topological polar surface area (TPSA) is 46.5 Å². The Balaban J connectivity index is 1.88. The van der Waals surface area contributed by atoms with Gasteiger partial charge in [-0.3, -0.25) is 0 Å². The van der Waals surface area contributed by atoms with Crippen LogP contribution in [-0.4, -0.2) is 17.2 Å². The van der Waals surface area contributed by atoms with Gasteiger partial charge in [0, 0.05) is 16.8 Å². The van der Waals surface area contributed by atoms with Crippen molar-refractivity contribution in [2.75, 3.05) is 0 Å². The second-order valence-corrected chi connectivity index (χ2v) is 5.69. The van der Waals surface area contributed by atoms with E-state index >= 15 is 0 Å². The number of hydrogen-bond donors (Lipinski definition) is 1.